The summed E-state index contributed by atoms with van der Waals surface area (Å²) in [5.41, 5.74) is 2.24. The lowest BCUT2D eigenvalue weighted by atomic mass is 10.1. The quantitative estimate of drug-likeness (QED) is 0.897. The lowest BCUT2D eigenvalue weighted by Crippen LogP contribution is -2.13. The highest BCUT2D eigenvalue weighted by atomic mass is 16.5. The summed E-state index contributed by atoms with van der Waals surface area (Å²) in [4.78, 5) is 12.2. The fraction of sp³-hybridized carbons (Fsp3) is 0.188. The third-order valence-electron chi connectivity index (χ3n) is 3.09. The molecule has 0 aromatic heterocycles. The van der Waals surface area contributed by atoms with Gasteiger partial charge in [-0.3, -0.25) is 4.79 Å². The largest absolute Gasteiger partial charge is 0.504 e. The van der Waals surface area contributed by atoms with Gasteiger partial charge in [0, 0.05) is 11.3 Å². The molecule has 2 aromatic carbocycles. The summed E-state index contributed by atoms with van der Waals surface area (Å²) >= 11 is 0. The number of hydrogen-bond acceptors (Lipinski definition) is 3. The Hall–Kier alpha value is -2.49. The lowest BCUT2D eigenvalue weighted by molar-refractivity contribution is 0.102. The number of aryl methyl sites for hydroxylation is 1. The average Bonchev–Trinajstić information content (AvgIpc) is 2.47. The summed E-state index contributed by atoms with van der Waals surface area (Å²) in [7, 11) is 1.46. The molecule has 0 unspecified atom stereocenters. The Kier molecular flexibility index (Phi) is 4.25. The van der Waals surface area contributed by atoms with E-state index in [0.717, 1.165) is 17.7 Å². The standard InChI is InChI=1S/C16H17NO3/c1-3-11-6-4-5-7-13(11)17-16(19)12-8-9-15(20-2)14(18)10-12/h4-10,18H,3H2,1-2H3,(H,17,19). The van der Waals surface area contributed by atoms with Crippen molar-refractivity contribution in [3.8, 4) is 11.5 Å². The van der Waals surface area contributed by atoms with E-state index in [1.165, 1.54) is 13.2 Å². The van der Waals surface area contributed by atoms with Gasteiger partial charge in [0.05, 0.1) is 7.11 Å². The van der Waals surface area contributed by atoms with Crippen LogP contribution in [0.4, 0.5) is 5.69 Å². The van der Waals surface area contributed by atoms with Crippen molar-refractivity contribution < 1.29 is 14.6 Å². The van der Waals surface area contributed by atoms with Crippen LogP contribution >= 0.6 is 0 Å². The molecule has 20 heavy (non-hydrogen) atoms. The Bertz CT molecular complexity index is 623. The van der Waals surface area contributed by atoms with Crippen molar-refractivity contribution in [2.24, 2.45) is 0 Å². The maximum absolute atomic E-state index is 12.2. The molecule has 4 nitrogen and oxygen atoms in total. The van der Waals surface area contributed by atoms with Crippen molar-refractivity contribution in [2.45, 2.75) is 13.3 Å². The highest BCUT2D eigenvalue weighted by Crippen LogP contribution is 2.26. The van der Waals surface area contributed by atoms with Crippen LogP contribution in [-0.2, 0) is 6.42 Å². The summed E-state index contributed by atoms with van der Waals surface area (Å²) in [6, 6.07) is 12.2. The van der Waals surface area contributed by atoms with Gasteiger partial charge in [0.2, 0.25) is 0 Å². The number of amides is 1. The minimum absolute atomic E-state index is 0.0519. The molecule has 104 valence electrons. The minimum Gasteiger partial charge on any atom is -0.504 e. The number of nitrogens with one attached hydrogen (secondary N) is 1. The SMILES string of the molecule is CCc1ccccc1NC(=O)c1ccc(OC)c(O)c1. The van der Waals surface area contributed by atoms with Gasteiger partial charge in [0.25, 0.3) is 5.91 Å². The maximum atomic E-state index is 12.2. The molecule has 2 N–H and O–H groups in total. The van der Waals surface area contributed by atoms with Crippen LogP contribution in [0.3, 0.4) is 0 Å². The van der Waals surface area contributed by atoms with Crippen LogP contribution in [0.5, 0.6) is 11.5 Å². The summed E-state index contributed by atoms with van der Waals surface area (Å²) in [5.74, 6) is 0.0308. The monoisotopic (exact) mass is 271 g/mol. The molecule has 0 radical (unpaired) electrons. The van der Waals surface area contributed by atoms with Gasteiger partial charge in [-0.15, -0.1) is 0 Å². The second-order valence-corrected chi connectivity index (χ2v) is 4.35. The van der Waals surface area contributed by atoms with Gasteiger partial charge >= 0.3 is 0 Å². The number of aromatic hydroxyl groups is 1. The van der Waals surface area contributed by atoms with E-state index in [9.17, 15) is 9.90 Å². The summed E-state index contributed by atoms with van der Waals surface area (Å²) in [6.45, 7) is 2.03. The van der Waals surface area contributed by atoms with Crippen molar-refractivity contribution in [3.05, 3.63) is 53.6 Å². The molecule has 2 aromatic rings. The summed E-state index contributed by atoms with van der Waals surface area (Å²) in [5, 5.41) is 12.6. The number of ether oxygens (including phenoxy) is 1. The zero-order valence-electron chi connectivity index (χ0n) is 11.5. The van der Waals surface area contributed by atoms with Gasteiger partial charge in [-0.25, -0.2) is 0 Å². The predicted molar refractivity (Wildman–Crippen MR) is 78.4 cm³/mol. The number of carbonyl (C=O) groups is 1. The van der Waals surface area contributed by atoms with Gasteiger partial charge in [0.1, 0.15) is 0 Å². The molecule has 4 heteroatoms. The van der Waals surface area contributed by atoms with Crippen molar-refractivity contribution in [1.29, 1.82) is 0 Å². The van der Waals surface area contributed by atoms with Gasteiger partial charge in [-0.2, -0.15) is 0 Å². The third kappa shape index (κ3) is 2.91. The Morgan fingerprint density at radius 1 is 1.25 bits per heavy atom. The van der Waals surface area contributed by atoms with E-state index in [0.29, 0.717) is 11.3 Å². The van der Waals surface area contributed by atoms with Gasteiger partial charge in [0.15, 0.2) is 11.5 Å². The number of rotatable bonds is 4. The van der Waals surface area contributed by atoms with E-state index in [1.54, 1.807) is 12.1 Å². The van der Waals surface area contributed by atoms with Crippen LogP contribution < -0.4 is 10.1 Å². The first-order valence-electron chi connectivity index (χ1n) is 6.42. The second-order valence-electron chi connectivity index (χ2n) is 4.35. The Balaban J connectivity index is 2.22. The molecule has 0 atom stereocenters. The maximum Gasteiger partial charge on any atom is 0.255 e. The molecular formula is C16H17NO3. The zero-order chi connectivity index (χ0) is 14.5. The van der Waals surface area contributed by atoms with Crippen LogP contribution in [0.25, 0.3) is 0 Å². The highest BCUT2D eigenvalue weighted by molar-refractivity contribution is 6.05. The first-order chi connectivity index (χ1) is 9.65. The van der Waals surface area contributed by atoms with E-state index in [4.69, 9.17) is 4.74 Å². The fourth-order valence-corrected chi connectivity index (χ4v) is 1.98. The smallest absolute Gasteiger partial charge is 0.255 e. The van der Waals surface area contributed by atoms with Crippen molar-refractivity contribution >= 4 is 11.6 Å². The molecule has 0 saturated carbocycles. The van der Waals surface area contributed by atoms with E-state index in [2.05, 4.69) is 5.32 Å². The van der Waals surface area contributed by atoms with Crippen molar-refractivity contribution in [3.63, 3.8) is 0 Å². The summed E-state index contributed by atoms with van der Waals surface area (Å²) < 4.78 is 4.95. The van der Waals surface area contributed by atoms with E-state index in [-0.39, 0.29) is 11.7 Å². The van der Waals surface area contributed by atoms with Crippen LogP contribution in [0, 0.1) is 0 Å². The van der Waals surface area contributed by atoms with Crippen LogP contribution in [0.15, 0.2) is 42.5 Å². The normalized spacial score (nSPS) is 10.1. The molecule has 0 fully saturated rings. The van der Waals surface area contributed by atoms with E-state index < -0.39 is 0 Å². The van der Waals surface area contributed by atoms with Crippen LogP contribution in [0.2, 0.25) is 0 Å². The number of phenolic OH excluding ortho intramolecular Hbond substituents is 1. The molecule has 0 bridgehead atoms. The Labute approximate surface area is 118 Å². The Morgan fingerprint density at radius 2 is 2.00 bits per heavy atom. The number of phenols is 1. The molecule has 1 amide bonds. The predicted octanol–water partition coefficient (Wildman–Crippen LogP) is 3.22. The summed E-state index contributed by atoms with van der Waals surface area (Å²) in [6.07, 6.45) is 0.838. The number of methoxy groups -OCH3 is 1. The number of carbonyl (C=O) groups excluding carboxylic acids is 1. The first kappa shape index (κ1) is 13.9. The number of para-hydroxylation sites is 1. The highest BCUT2D eigenvalue weighted by Gasteiger charge is 2.11. The minimum atomic E-state index is -0.260. The second kappa shape index (κ2) is 6.10. The zero-order valence-corrected chi connectivity index (χ0v) is 11.5. The molecule has 2 rings (SSSR count). The number of benzene rings is 2. The van der Waals surface area contributed by atoms with E-state index in [1.807, 2.05) is 31.2 Å². The molecular weight excluding hydrogens is 254 g/mol. The first-order valence-corrected chi connectivity index (χ1v) is 6.42. The third-order valence-corrected chi connectivity index (χ3v) is 3.09. The molecule has 0 aliphatic carbocycles. The number of anilines is 1. The van der Waals surface area contributed by atoms with E-state index >= 15 is 0 Å². The van der Waals surface area contributed by atoms with Gasteiger partial charge < -0.3 is 15.2 Å². The van der Waals surface area contributed by atoms with Crippen molar-refractivity contribution in [1.82, 2.24) is 0 Å². The molecule has 0 aliphatic heterocycles. The fourth-order valence-electron chi connectivity index (χ4n) is 1.98. The lowest BCUT2D eigenvalue weighted by Gasteiger charge is -2.10. The van der Waals surface area contributed by atoms with Crippen LogP contribution in [0.1, 0.15) is 22.8 Å². The molecule has 0 aliphatic rings. The Morgan fingerprint density at radius 3 is 2.65 bits per heavy atom. The van der Waals surface area contributed by atoms with Crippen LogP contribution in [-0.4, -0.2) is 18.1 Å². The van der Waals surface area contributed by atoms with Gasteiger partial charge in [-0.1, -0.05) is 25.1 Å². The number of hydrogen-bond donors (Lipinski definition) is 2. The van der Waals surface area contributed by atoms with Gasteiger partial charge in [-0.05, 0) is 36.2 Å². The topological polar surface area (TPSA) is 58.6 Å². The van der Waals surface area contributed by atoms with Crippen molar-refractivity contribution in [2.75, 3.05) is 12.4 Å². The molecule has 0 heterocycles. The molecule has 0 saturated heterocycles. The molecule has 0 spiro atoms. The average molecular weight is 271 g/mol.